The van der Waals surface area contributed by atoms with Crippen LogP contribution >= 0.6 is 0 Å². The maximum atomic E-state index is 13.3. The topological polar surface area (TPSA) is 100.0 Å². The first-order valence-electron chi connectivity index (χ1n) is 5.01. The van der Waals surface area contributed by atoms with Crippen LogP contribution in [-0.4, -0.2) is 20.5 Å². The molecule has 6 nitrogen and oxygen atoms in total. The summed E-state index contributed by atoms with van der Waals surface area (Å²) in [5.74, 6) is -1.36. The Kier molecular flexibility index (Phi) is 1.89. The molecule has 1 aromatic carbocycles. The lowest BCUT2D eigenvalue weighted by Crippen LogP contribution is -2.12. The lowest BCUT2D eigenvalue weighted by atomic mass is 10.1. The molecule has 0 fully saturated rings. The van der Waals surface area contributed by atoms with Gasteiger partial charge in [-0.3, -0.25) is 9.89 Å². The van der Waals surface area contributed by atoms with Crippen LogP contribution in [0, 0.1) is 17.1 Å². The molecule has 0 unspecified atom stereocenters. The highest BCUT2D eigenvalue weighted by atomic mass is 19.1. The highest BCUT2D eigenvalue weighted by Gasteiger charge is 2.17. The Morgan fingerprint density at radius 1 is 1.56 bits per heavy atom. The first-order chi connectivity index (χ1) is 8.61. The van der Waals surface area contributed by atoms with Crippen molar-refractivity contribution < 1.29 is 9.18 Å². The van der Waals surface area contributed by atoms with Crippen molar-refractivity contribution in [2.24, 2.45) is 5.73 Å². The predicted octanol–water partition coefficient (Wildman–Crippen LogP) is 0.925. The van der Waals surface area contributed by atoms with E-state index in [1.807, 2.05) is 6.07 Å². The van der Waals surface area contributed by atoms with E-state index >= 15 is 0 Å². The zero-order valence-electron chi connectivity index (χ0n) is 8.94. The van der Waals surface area contributed by atoms with Crippen LogP contribution < -0.4 is 5.73 Å². The average Bonchev–Trinajstić information content (AvgIpc) is 2.85. The van der Waals surface area contributed by atoms with Gasteiger partial charge in [-0.1, -0.05) is 0 Å². The van der Waals surface area contributed by atoms with Crippen LogP contribution in [-0.2, 0) is 0 Å². The second-order valence-electron chi connectivity index (χ2n) is 3.76. The van der Waals surface area contributed by atoms with Crippen molar-refractivity contribution >= 4 is 22.6 Å². The standard InChI is InChI=1S/C11H6FN5O/c12-6-1-7(10(14)18)9-8(2-6)16-11-5(3-13)4-15-17(9)11/h1-2,4,15H,(H2,14,18). The first-order valence-corrected chi connectivity index (χ1v) is 5.01. The van der Waals surface area contributed by atoms with Crippen LogP contribution in [0.2, 0.25) is 0 Å². The zero-order valence-corrected chi connectivity index (χ0v) is 8.94. The number of aromatic nitrogens is 3. The maximum absolute atomic E-state index is 13.3. The van der Waals surface area contributed by atoms with Crippen LogP contribution in [0.4, 0.5) is 4.39 Å². The summed E-state index contributed by atoms with van der Waals surface area (Å²) < 4.78 is 14.8. The number of nitrogens with one attached hydrogen (secondary N) is 1. The number of hydrogen-bond donors (Lipinski definition) is 2. The molecule has 7 heteroatoms. The summed E-state index contributed by atoms with van der Waals surface area (Å²) in [5.41, 5.74) is 6.50. The van der Waals surface area contributed by atoms with Gasteiger partial charge in [-0.25, -0.2) is 13.9 Å². The fourth-order valence-corrected chi connectivity index (χ4v) is 1.95. The van der Waals surface area contributed by atoms with Crippen molar-refractivity contribution in [3.05, 3.63) is 35.3 Å². The molecule has 3 N–H and O–H groups in total. The molecule has 0 bridgehead atoms. The van der Waals surface area contributed by atoms with Gasteiger partial charge in [-0.2, -0.15) is 5.26 Å². The van der Waals surface area contributed by atoms with Gasteiger partial charge in [0.2, 0.25) is 0 Å². The Morgan fingerprint density at radius 3 is 3.00 bits per heavy atom. The smallest absolute Gasteiger partial charge is 0.251 e. The van der Waals surface area contributed by atoms with Gasteiger partial charge in [-0.15, -0.1) is 0 Å². The van der Waals surface area contributed by atoms with E-state index in [0.717, 1.165) is 6.07 Å². The zero-order chi connectivity index (χ0) is 12.9. The van der Waals surface area contributed by atoms with Crippen molar-refractivity contribution in [1.82, 2.24) is 14.6 Å². The van der Waals surface area contributed by atoms with Crippen molar-refractivity contribution in [3.63, 3.8) is 0 Å². The molecule has 18 heavy (non-hydrogen) atoms. The summed E-state index contributed by atoms with van der Waals surface area (Å²) in [7, 11) is 0. The van der Waals surface area contributed by atoms with E-state index in [0.29, 0.717) is 16.7 Å². The second kappa shape index (κ2) is 3.30. The highest BCUT2D eigenvalue weighted by molar-refractivity contribution is 6.05. The molecule has 0 aliphatic heterocycles. The van der Waals surface area contributed by atoms with Crippen LogP contribution in [0.3, 0.4) is 0 Å². The van der Waals surface area contributed by atoms with Gasteiger partial charge in [0.15, 0.2) is 5.65 Å². The molecule has 3 aromatic rings. The Morgan fingerprint density at radius 2 is 2.33 bits per heavy atom. The summed E-state index contributed by atoms with van der Waals surface area (Å²) in [6, 6.07) is 4.18. The van der Waals surface area contributed by atoms with Gasteiger partial charge in [-0.05, 0) is 6.07 Å². The molecule has 0 saturated carbocycles. The second-order valence-corrected chi connectivity index (χ2v) is 3.76. The molecule has 0 saturated heterocycles. The molecule has 3 rings (SSSR count). The van der Waals surface area contributed by atoms with E-state index in [1.54, 1.807) is 0 Å². The number of amides is 1. The molecule has 0 radical (unpaired) electrons. The predicted molar refractivity (Wildman–Crippen MR) is 60.2 cm³/mol. The summed E-state index contributed by atoms with van der Waals surface area (Å²) in [6.07, 6.45) is 1.45. The van der Waals surface area contributed by atoms with E-state index in [9.17, 15) is 9.18 Å². The number of nitrogens with zero attached hydrogens (tertiary/aromatic N) is 3. The molecule has 0 atom stereocenters. The van der Waals surface area contributed by atoms with Gasteiger partial charge in [0.1, 0.15) is 23.0 Å². The van der Waals surface area contributed by atoms with Crippen molar-refractivity contribution in [2.75, 3.05) is 0 Å². The number of aromatic amines is 1. The number of H-pyrrole nitrogens is 1. The maximum Gasteiger partial charge on any atom is 0.251 e. The number of carbonyl (C=O) groups is 1. The Balaban J connectivity index is 2.56. The number of halogens is 1. The van der Waals surface area contributed by atoms with Gasteiger partial charge in [0.25, 0.3) is 5.91 Å². The molecule has 0 aliphatic rings. The average molecular weight is 243 g/mol. The van der Waals surface area contributed by atoms with Crippen LogP contribution in [0.25, 0.3) is 16.7 Å². The third kappa shape index (κ3) is 1.20. The van der Waals surface area contributed by atoms with Gasteiger partial charge in [0, 0.05) is 12.3 Å². The molecule has 2 aromatic heterocycles. The number of benzene rings is 1. The third-order valence-electron chi connectivity index (χ3n) is 2.68. The minimum Gasteiger partial charge on any atom is -0.366 e. The minimum absolute atomic E-state index is 0.0174. The van der Waals surface area contributed by atoms with Gasteiger partial charge < -0.3 is 5.73 Å². The van der Waals surface area contributed by atoms with E-state index in [1.165, 1.54) is 16.8 Å². The van der Waals surface area contributed by atoms with E-state index < -0.39 is 11.7 Å². The normalized spacial score (nSPS) is 10.9. The number of imidazole rings is 1. The lowest BCUT2D eigenvalue weighted by Gasteiger charge is -1.99. The number of rotatable bonds is 1. The molecular weight excluding hydrogens is 237 g/mol. The summed E-state index contributed by atoms with van der Waals surface area (Å²) >= 11 is 0. The van der Waals surface area contributed by atoms with E-state index in [-0.39, 0.29) is 11.1 Å². The SMILES string of the molecule is N#Cc1c[nH]n2c1nc1cc(F)cc(C(N)=O)c12. The fraction of sp³-hybridized carbons (Fsp3) is 0. The number of nitrogens with two attached hydrogens (primary N) is 1. The van der Waals surface area contributed by atoms with Gasteiger partial charge in [0.05, 0.1) is 11.1 Å². The van der Waals surface area contributed by atoms with Crippen LogP contribution in [0.1, 0.15) is 15.9 Å². The number of primary amides is 1. The third-order valence-corrected chi connectivity index (χ3v) is 2.68. The van der Waals surface area contributed by atoms with E-state index in [4.69, 9.17) is 11.0 Å². The molecule has 0 spiro atoms. The van der Waals surface area contributed by atoms with Crippen LogP contribution in [0.15, 0.2) is 18.3 Å². The molecule has 2 heterocycles. The number of hydrogen-bond acceptors (Lipinski definition) is 3. The molecule has 1 amide bonds. The highest BCUT2D eigenvalue weighted by Crippen LogP contribution is 2.23. The van der Waals surface area contributed by atoms with Crippen molar-refractivity contribution in [2.45, 2.75) is 0 Å². The van der Waals surface area contributed by atoms with Crippen LogP contribution in [0.5, 0.6) is 0 Å². The molecular formula is C11H6FN5O. The van der Waals surface area contributed by atoms with Gasteiger partial charge >= 0.3 is 0 Å². The van der Waals surface area contributed by atoms with Crippen molar-refractivity contribution in [3.8, 4) is 6.07 Å². The lowest BCUT2D eigenvalue weighted by molar-refractivity contribution is 0.100. The Labute approximate surface area is 99.4 Å². The quantitative estimate of drug-likeness (QED) is 0.664. The van der Waals surface area contributed by atoms with Crippen molar-refractivity contribution in [1.29, 1.82) is 5.26 Å². The largest absolute Gasteiger partial charge is 0.366 e. The summed E-state index contributed by atoms with van der Waals surface area (Å²) in [5, 5.41) is 11.7. The summed E-state index contributed by atoms with van der Waals surface area (Å²) in [4.78, 5) is 15.4. The Hall–Kier alpha value is -2.88. The Bertz CT molecular complexity index is 838. The first kappa shape index (κ1) is 10.3. The number of carbonyl (C=O) groups excluding carboxylic acids is 1. The summed E-state index contributed by atoms with van der Waals surface area (Å²) in [6.45, 7) is 0. The fourth-order valence-electron chi connectivity index (χ4n) is 1.95. The number of nitriles is 1. The number of fused-ring (bicyclic) bond motifs is 3. The molecule has 88 valence electrons. The van der Waals surface area contributed by atoms with E-state index in [2.05, 4.69) is 10.1 Å². The monoisotopic (exact) mass is 243 g/mol. The minimum atomic E-state index is -0.755. The molecule has 0 aliphatic carbocycles.